The van der Waals surface area contributed by atoms with Gasteiger partial charge in [0.25, 0.3) is 0 Å². The quantitative estimate of drug-likeness (QED) is 0.113. The Labute approximate surface area is 252 Å². The third-order valence-electron chi connectivity index (χ3n) is 6.72. The molecule has 1 aliphatic rings. The number of nitrogens with one attached hydrogen (secondary N) is 2. The number of aliphatic hydroxyl groups excluding tert-OH is 2. The van der Waals surface area contributed by atoms with Gasteiger partial charge in [-0.1, -0.05) is 69.4 Å². The Hall–Kier alpha value is -3.23. The second-order valence-electron chi connectivity index (χ2n) is 11.5. The molecule has 4 aromatic rings. The lowest BCUT2D eigenvalue weighted by molar-refractivity contribution is -0.148. The van der Waals surface area contributed by atoms with Crippen molar-refractivity contribution in [3.05, 3.63) is 59.8 Å². The van der Waals surface area contributed by atoms with E-state index in [9.17, 15) is 19.6 Å². The van der Waals surface area contributed by atoms with E-state index in [2.05, 4.69) is 20.0 Å². The number of hydrogen-bond acceptors (Lipinski definition) is 11. The Morgan fingerprint density at radius 3 is 2.70 bits per heavy atom. The van der Waals surface area contributed by atoms with Crippen LogP contribution < -0.4 is 9.61 Å². The zero-order chi connectivity index (χ0) is 30.9. The molecule has 0 amide bonds. The summed E-state index contributed by atoms with van der Waals surface area (Å²) in [7, 11) is -4.32. The number of esters is 1. The number of nitrogens with zero attached hydrogens (tertiary/aromatic N) is 3. The zero-order valence-electron chi connectivity index (χ0n) is 24.0. The van der Waals surface area contributed by atoms with Crippen LogP contribution in [0.15, 0.2) is 55.1 Å². The number of rotatable bonds is 10. The lowest BCUT2D eigenvalue weighted by atomic mass is 9.99. The highest BCUT2D eigenvalue weighted by Crippen LogP contribution is 2.47. The molecule has 3 heterocycles. The van der Waals surface area contributed by atoms with Crippen LogP contribution in [0.2, 0.25) is 0 Å². The lowest BCUT2D eigenvalue weighted by Gasteiger charge is -2.26. The van der Waals surface area contributed by atoms with E-state index in [1.54, 1.807) is 18.2 Å². The molecule has 15 heteroatoms. The number of fused-ring (bicyclic) bond motifs is 2. The fraction of sp³-hybridized carbons (Fsp3) is 0.429. The van der Waals surface area contributed by atoms with Gasteiger partial charge in [0.15, 0.2) is 10.9 Å². The molecule has 2 aromatic carbocycles. The molecule has 1 aliphatic heterocycles. The minimum absolute atomic E-state index is 0.151. The van der Waals surface area contributed by atoms with E-state index in [-0.39, 0.29) is 22.4 Å². The summed E-state index contributed by atoms with van der Waals surface area (Å²) in [5.74, 6) is -0.393. The van der Waals surface area contributed by atoms with Crippen LogP contribution >= 0.6 is 20.0 Å². The van der Waals surface area contributed by atoms with Gasteiger partial charge in [0.1, 0.15) is 41.3 Å². The first-order chi connectivity index (χ1) is 20.3. The number of aliphatic hydroxyl groups is 2. The summed E-state index contributed by atoms with van der Waals surface area (Å²) in [5, 5.41) is 25.9. The average Bonchev–Trinajstić information content (AvgIpc) is 3.51. The maximum Gasteiger partial charge on any atom is 0.459 e. The van der Waals surface area contributed by atoms with Gasteiger partial charge in [0.2, 0.25) is 0 Å². The van der Waals surface area contributed by atoms with Gasteiger partial charge < -0.3 is 29.2 Å². The molecule has 0 saturated carbocycles. The number of aromatic nitrogens is 4. The van der Waals surface area contributed by atoms with Crippen molar-refractivity contribution in [2.75, 3.05) is 13.2 Å². The highest BCUT2D eigenvalue weighted by atomic mass is 32.1. The molecule has 230 valence electrons. The van der Waals surface area contributed by atoms with Gasteiger partial charge in [0.05, 0.1) is 25.9 Å². The number of hydrogen-bond donors (Lipinski definition) is 4. The third-order valence-corrected chi connectivity index (χ3v) is 8.65. The Morgan fingerprint density at radius 2 is 1.93 bits per heavy atom. The molecule has 4 N–H and O–H groups in total. The minimum Gasteiger partial charge on any atom is -0.464 e. The second kappa shape index (κ2) is 12.4. The number of carbonyl (C=O) groups is 1. The predicted octanol–water partition coefficient (Wildman–Crippen LogP) is 4.03. The van der Waals surface area contributed by atoms with Crippen LogP contribution in [0.25, 0.3) is 21.9 Å². The third kappa shape index (κ3) is 6.96. The minimum atomic E-state index is -4.32. The van der Waals surface area contributed by atoms with Crippen molar-refractivity contribution in [3.63, 3.8) is 0 Å². The van der Waals surface area contributed by atoms with Crippen LogP contribution in [0.5, 0.6) is 5.75 Å². The van der Waals surface area contributed by atoms with Crippen molar-refractivity contribution in [2.24, 2.45) is 5.41 Å². The summed E-state index contributed by atoms with van der Waals surface area (Å²) in [6.45, 7) is 6.93. The molecule has 0 spiro atoms. The monoisotopic (exact) mass is 631 g/mol. The molecular formula is C28H34N5O8PS. The van der Waals surface area contributed by atoms with Crippen LogP contribution in [0.3, 0.4) is 0 Å². The fourth-order valence-corrected chi connectivity index (χ4v) is 6.26. The second-order valence-corrected chi connectivity index (χ2v) is 13.6. The van der Waals surface area contributed by atoms with Crippen LogP contribution in [0.1, 0.15) is 33.9 Å². The van der Waals surface area contributed by atoms with Crippen LogP contribution in [0, 0.1) is 10.1 Å². The average molecular weight is 632 g/mol. The Kier molecular flexibility index (Phi) is 9.00. The molecule has 43 heavy (non-hydrogen) atoms. The van der Waals surface area contributed by atoms with Gasteiger partial charge >= 0.3 is 13.7 Å². The first-order valence-electron chi connectivity index (χ1n) is 13.6. The SMILES string of the molecule is C[C@H](NP(=O)(OC[C@H]1O[C@@H](n2cnc3c(=S)nc[nH]c32)C(O)[C@H]1O)Oc1cccc2ccccc12)C(=O)OCC(C)(C)C. The fourth-order valence-electron chi connectivity index (χ4n) is 4.53. The van der Waals surface area contributed by atoms with E-state index in [1.807, 2.05) is 45.0 Å². The van der Waals surface area contributed by atoms with E-state index in [0.29, 0.717) is 16.6 Å². The number of imidazole rings is 1. The topological polar surface area (TPSA) is 170 Å². The number of aromatic amines is 1. The van der Waals surface area contributed by atoms with Gasteiger partial charge in [-0.25, -0.2) is 14.5 Å². The number of benzene rings is 2. The largest absolute Gasteiger partial charge is 0.464 e. The number of ether oxygens (including phenoxy) is 2. The first kappa shape index (κ1) is 31.2. The van der Waals surface area contributed by atoms with Gasteiger partial charge in [0, 0.05) is 5.39 Å². The first-order valence-corrected chi connectivity index (χ1v) is 15.6. The summed E-state index contributed by atoms with van der Waals surface area (Å²) in [4.78, 5) is 23.9. The van der Waals surface area contributed by atoms with Crippen molar-refractivity contribution < 1.29 is 38.1 Å². The lowest BCUT2D eigenvalue weighted by Crippen LogP contribution is -2.38. The summed E-state index contributed by atoms with van der Waals surface area (Å²) >= 11 is 5.21. The standard InChI is InChI=1S/C28H34N5O8PS/c1-16(27(36)38-13-28(2,3)4)32-42(37,41-19-11-7-9-17-8-5-6-10-18(17)19)39-12-20-22(34)23(35)26(40-20)33-15-31-21-24(33)29-14-30-25(21)43/h5-11,14-16,20,22-23,26,34-35H,12-13H2,1-4H3,(H,32,37)(H,29,30,43)/t16-,20+,22-,23?,26+,42?/m0/s1. The molecule has 1 fully saturated rings. The Bertz CT molecular complexity index is 1720. The molecule has 1 saturated heterocycles. The predicted molar refractivity (Wildman–Crippen MR) is 160 cm³/mol. The van der Waals surface area contributed by atoms with Crippen molar-refractivity contribution in [2.45, 2.75) is 58.3 Å². The summed E-state index contributed by atoms with van der Waals surface area (Å²) in [6, 6.07) is 11.5. The van der Waals surface area contributed by atoms with E-state index in [4.69, 9.17) is 30.7 Å². The Morgan fingerprint density at radius 1 is 1.19 bits per heavy atom. The molecular weight excluding hydrogens is 597 g/mol. The molecule has 0 bridgehead atoms. The summed E-state index contributed by atoms with van der Waals surface area (Å²) in [6.07, 6.45) is -2.22. The molecule has 2 unspecified atom stereocenters. The normalized spacial score (nSPS) is 22.8. The van der Waals surface area contributed by atoms with Gasteiger partial charge in [-0.15, -0.1) is 0 Å². The van der Waals surface area contributed by atoms with Crippen molar-refractivity contribution >= 4 is 47.9 Å². The maximum atomic E-state index is 14.2. The molecule has 0 radical (unpaired) electrons. The van der Waals surface area contributed by atoms with Gasteiger partial charge in [-0.3, -0.25) is 13.9 Å². The number of carbonyl (C=O) groups excluding carboxylic acids is 1. The van der Waals surface area contributed by atoms with Crippen molar-refractivity contribution in [3.8, 4) is 5.75 Å². The highest BCUT2D eigenvalue weighted by molar-refractivity contribution is 7.71. The highest BCUT2D eigenvalue weighted by Gasteiger charge is 2.46. The zero-order valence-corrected chi connectivity index (χ0v) is 25.7. The smallest absolute Gasteiger partial charge is 0.459 e. The van der Waals surface area contributed by atoms with E-state index in [1.165, 1.54) is 24.1 Å². The van der Waals surface area contributed by atoms with Gasteiger partial charge in [-0.05, 0) is 23.8 Å². The van der Waals surface area contributed by atoms with E-state index < -0.39 is 50.9 Å². The molecule has 5 rings (SSSR count). The maximum absolute atomic E-state index is 14.2. The Balaban J connectivity index is 1.37. The van der Waals surface area contributed by atoms with E-state index >= 15 is 0 Å². The van der Waals surface area contributed by atoms with Crippen LogP contribution in [0.4, 0.5) is 0 Å². The molecule has 13 nitrogen and oxygen atoms in total. The van der Waals surface area contributed by atoms with E-state index in [0.717, 1.165) is 5.39 Å². The molecule has 2 aromatic heterocycles. The van der Waals surface area contributed by atoms with Crippen LogP contribution in [-0.4, -0.2) is 73.3 Å². The summed E-state index contributed by atoms with van der Waals surface area (Å²) in [5.41, 5.74) is 0.559. The molecule has 0 aliphatic carbocycles. The van der Waals surface area contributed by atoms with Gasteiger partial charge in [-0.2, -0.15) is 5.09 Å². The van der Waals surface area contributed by atoms with Crippen molar-refractivity contribution in [1.29, 1.82) is 0 Å². The van der Waals surface area contributed by atoms with Crippen LogP contribution in [-0.2, 0) is 23.4 Å². The molecule has 6 atom stereocenters. The number of H-pyrrole nitrogens is 1. The van der Waals surface area contributed by atoms with Crippen molar-refractivity contribution in [1.82, 2.24) is 24.6 Å². The summed E-state index contributed by atoms with van der Waals surface area (Å²) < 4.78 is 39.0.